The zero-order valence-electron chi connectivity index (χ0n) is 21.4. The van der Waals surface area contributed by atoms with Crippen LogP contribution in [0, 0.1) is 5.92 Å². The minimum absolute atomic E-state index is 0.00238. The number of ether oxygens (including phenoxy) is 2. The van der Waals surface area contributed by atoms with Gasteiger partial charge in [0.05, 0.1) is 20.3 Å². The maximum atomic E-state index is 13.7. The molecule has 0 bridgehead atoms. The molecule has 4 amide bonds. The van der Waals surface area contributed by atoms with E-state index in [0.717, 1.165) is 31.2 Å². The van der Waals surface area contributed by atoms with Gasteiger partial charge in [0.15, 0.2) is 11.5 Å². The number of primary amides is 1. The minimum Gasteiger partial charge on any atom is -0.493 e. The standard InChI is InChI=1S/C26H40N4O5/c1-17(2)12-21-25(32)29(15-18-10-11-22(34-3)23(13-18)35-4)16-20(14-24(27)31)30(21)26(33)28-19-8-6-5-7-9-19/h10-11,13,17,19-21H,5-9,12,14-16H2,1-4H3,(H2,27,31)(H,28,33)/t20-,21+/m1/s1. The first-order valence-electron chi connectivity index (χ1n) is 12.6. The number of methoxy groups -OCH3 is 2. The van der Waals surface area contributed by atoms with E-state index in [9.17, 15) is 14.4 Å². The van der Waals surface area contributed by atoms with Gasteiger partial charge in [-0.15, -0.1) is 0 Å². The summed E-state index contributed by atoms with van der Waals surface area (Å²) in [7, 11) is 3.14. The van der Waals surface area contributed by atoms with Crippen LogP contribution in [0.25, 0.3) is 0 Å². The fraction of sp³-hybridized carbons (Fsp3) is 0.654. The van der Waals surface area contributed by atoms with Crippen LogP contribution >= 0.6 is 0 Å². The third kappa shape index (κ3) is 6.80. The largest absolute Gasteiger partial charge is 0.493 e. The van der Waals surface area contributed by atoms with Gasteiger partial charge in [-0.25, -0.2) is 4.79 Å². The van der Waals surface area contributed by atoms with Gasteiger partial charge in [-0.1, -0.05) is 39.2 Å². The highest BCUT2D eigenvalue weighted by atomic mass is 16.5. The molecule has 9 nitrogen and oxygen atoms in total. The second-order valence-electron chi connectivity index (χ2n) is 10.1. The Bertz CT molecular complexity index is 900. The van der Waals surface area contributed by atoms with Crippen molar-refractivity contribution in [1.29, 1.82) is 0 Å². The van der Waals surface area contributed by atoms with Crippen LogP contribution in [0.15, 0.2) is 18.2 Å². The van der Waals surface area contributed by atoms with Crippen molar-refractivity contribution in [1.82, 2.24) is 15.1 Å². The third-order valence-corrected chi connectivity index (χ3v) is 6.88. The van der Waals surface area contributed by atoms with Gasteiger partial charge in [-0.05, 0) is 42.9 Å². The van der Waals surface area contributed by atoms with Crippen molar-refractivity contribution < 1.29 is 23.9 Å². The first-order valence-corrected chi connectivity index (χ1v) is 12.6. The quantitative estimate of drug-likeness (QED) is 0.555. The van der Waals surface area contributed by atoms with Crippen LogP contribution in [0.5, 0.6) is 11.5 Å². The zero-order chi connectivity index (χ0) is 25.5. The topological polar surface area (TPSA) is 114 Å². The molecule has 0 spiro atoms. The van der Waals surface area contributed by atoms with Gasteiger partial charge >= 0.3 is 6.03 Å². The molecular weight excluding hydrogens is 448 g/mol. The van der Waals surface area contributed by atoms with Gasteiger partial charge in [0, 0.05) is 25.6 Å². The van der Waals surface area contributed by atoms with Crippen LogP contribution in [-0.2, 0) is 16.1 Å². The normalized spacial score (nSPS) is 21.2. The average molecular weight is 489 g/mol. The molecule has 1 aromatic rings. The first kappa shape index (κ1) is 26.6. The average Bonchev–Trinajstić information content (AvgIpc) is 2.81. The van der Waals surface area contributed by atoms with Gasteiger partial charge in [0.2, 0.25) is 11.8 Å². The molecule has 3 N–H and O–H groups in total. The number of nitrogens with one attached hydrogen (secondary N) is 1. The van der Waals surface area contributed by atoms with E-state index in [1.807, 2.05) is 26.0 Å². The summed E-state index contributed by atoms with van der Waals surface area (Å²) in [4.78, 5) is 42.5. The van der Waals surface area contributed by atoms with Gasteiger partial charge in [-0.3, -0.25) is 9.59 Å². The molecule has 3 rings (SSSR count). The van der Waals surface area contributed by atoms with Crippen LogP contribution in [0.2, 0.25) is 0 Å². The first-order chi connectivity index (χ1) is 16.7. The summed E-state index contributed by atoms with van der Waals surface area (Å²) < 4.78 is 10.7. The molecule has 9 heteroatoms. The Morgan fingerprint density at radius 2 is 1.80 bits per heavy atom. The van der Waals surface area contributed by atoms with Crippen molar-refractivity contribution in [2.75, 3.05) is 20.8 Å². The van der Waals surface area contributed by atoms with Gasteiger partial charge in [0.25, 0.3) is 0 Å². The molecule has 0 unspecified atom stereocenters. The lowest BCUT2D eigenvalue weighted by molar-refractivity contribution is -0.145. The summed E-state index contributed by atoms with van der Waals surface area (Å²) in [5.41, 5.74) is 6.46. The maximum Gasteiger partial charge on any atom is 0.318 e. The highest BCUT2D eigenvalue weighted by molar-refractivity contribution is 5.89. The Balaban J connectivity index is 1.87. The van der Waals surface area contributed by atoms with E-state index in [1.165, 1.54) is 6.42 Å². The van der Waals surface area contributed by atoms with E-state index in [2.05, 4.69) is 5.32 Å². The number of nitrogens with two attached hydrogens (primary N) is 1. The summed E-state index contributed by atoms with van der Waals surface area (Å²) in [6, 6.07) is 4.22. The van der Waals surface area contributed by atoms with Crippen molar-refractivity contribution in [3.63, 3.8) is 0 Å². The molecule has 2 atom stereocenters. The van der Waals surface area contributed by atoms with Crippen LogP contribution in [-0.4, -0.2) is 66.5 Å². The molecule has 1 aliphatic carbocycles. The molecule has 1 heterocycles. The van der Waals surface area contributed by atoms with Crippen LogP contribution in [0.4, 0.5) is 4.79 Å². The lowest BCUT2D eigenvalue weighted by Crippen LogP contribution is -2.66. The molecule has 194 valence electrons. The minimum atomic E-state index is -0.656. The Hall–Kier alpha value is -2.97. The molecule has 1 saturated heterocycles. The lowest BCUT2D eigenvalue weighted by atomic mass is 9.94. The van der Waals surface area contributed by atoms with Gasteiger partial charge < -0.3 is 30.3 Å². The number of rotatable bonds is 9. The monoisotopic (exact) mass is 488 g/mol. The van der Waals surface area contributed by atoms with E-state index in [0.29, 0.717) is 24.5 Å². The number of nitrogens with zero attached hydrogens (tertiary/aromatic N) is 2. The van der Waals surface area contributed by atoms with E-state index in [-0.39, 0.29) is 36.9 Å². The van der Waals surface area contributed by atoms with Crippen molar-refractivity contribution in [2.24, 2.45) is 11.7 Å². The van der Waals surface area contributed by atoms with E-state index in [1.54, 1.807) is 30.1 Å². The predicted molar refractivity (Wildman–Crippen MR) is 133 cm³/mol. The molecule has 1 saturated carbocycles. The summed E-state index contributed by atoms with van der Waals surface area (Å²) >= 11 is 0. The summed E-state index contributed by atoms with van der Waals surface area (Å²) in [5, 5.41) is 3.14. The number of hydrogen-bond acceptors (Lipinski definition) is 5. The second-order valence-corrected chi connectivity index (χ2v) is 10.1. The van der Waals surface area contributed by atoms with E-state index in [4.69, 9.17) is 15.2 Å². The van der Waals surface area contributed by atoms with Gasteiger partial charge in [0.1, 0.15) is 6.04 Å². The van der Waals surface area contributed by atoms with E-state index < -0.39 is 18.0 Å². The fourth-order valence-corrected chi connectivity index (χ4v) is 5.22. The predicted octanol–water partition coefficient (Wildman–Crippen LogP) is 3.05. The summed E-state index contributed by atoms with van der Waals surface area (Å²) in [6.07, 6.45) is 5.74. The lowest BCUT2D eigenvalue weighted by Gasteiger charge is -2.46. The van der Waals surface area contributed by atoms with Crippen LogP contribution in [0.1, 0.15) is 64.4 Å². The second kappa shape index (κ2) is 12.1. The number of piperazine rings is 1. The molecule has 2 aliphatic rings. The Kier molecular flexibility index (Phi) is 9.23. The molecule has 2 fully saturated rings. The van der Waals surface area contributed by atoms with Crippen molar-refractivity contribution >= 4 is 17.8 Å². The molecular formula is C26H40N4O5. The fourth-order valence-electron chi connectivity index (χ4n) is 5.22. The highest BCUT2D eigenvalue weighted by Crippen LogP contribution is 2.30. The Morgan fingerprint density at radius 1 is 1.11 bits per heavy atom. The third-order valence-electron chi connectivity index (χ3n) is 6.88. The van der Waals surface area contributed by atoms with Crippen molar-refractivity contribution in [3.8, 4) is 11.5 Å². The Labute approximate surface area is 208 Å². The zero-order valence-corrected chi connectivity index (χ0v) is 21.4. The van der Waals surface area contributed by atoms with Crippen molar-refractivity contribution in [3.05, 3.63) is 23.8 Å². The number of urea groups is 1. The molecule has 35 heavy (non-hydrogen) atoms. The molecule has 0 aromatic heterocycles. The molecule has 1 aliphatic heterocycles. The maximum absolute atomic E-state index is 13.7. The van der Waals surface area contributed by atoms with Crippen LogP contribution < -0.4 is 20.5 Å². The highest BCUT2D eigenvalue weighted by Gasteiger charge is 2.44. The number of amides is 4. The number of benzene rings is 1. The van der Waals surface area contributed by atoms with Crippen molar-refractivity contribution in [2.45, 2.75) is 83.5 Å². The number of carbonyl (C=O) groups is 3. The number of hydrogen-bond donors (Lipinski definition) is 2. The summed E-state index contributed by atoms with van der Waals surface area (Å²) in [5.74, 6) is 0.762. The Morgan fingerprint density at radius 3 is 2.40 bits per heavy atom. The summed E-state index contributed by atoms with van der Waals surface area (Å²) in [6.45, 7) is 4.63. The van der Waals surface area contributed by atoms with Gasteiger partial charge in [-0.2, -0.15) is 0 Å². The van der Waals surface area contributed by atoms with Crippen LogP contribution in [0.3, 0.4) is 0 Å². The molecule has 0 radical (unpaired) electrons. The smallest absolute Gasteiger partial charge is 0.318 e. The SMILES string of the molecule is COc1ccc(CN2C[C@@H](CC(N)=O)N(C(=O)NC3CCCCC3)[C@@H](CC(C)C)C2=O)cc1OC. The number of carbonyl (C=O) groups excluding carboxylic acids is 3. The van der Waals surface area contributed by atoms with E-state index >= 15 is 0 Å². The molecule has 1 aromatic carbocycles.